The molecule has 0 radical (unpaired) electrons. The number of amides is 1. The molecule has 1 amide bonds. The van der Waals surface area contributed by atoms with E-state index in [1.807, 2.05) is 66.7 Å². The largest absolute Gasteiger partial charge is 0.422 e. The second-order valence-electron chi connectivity index (χ2n) is 6.87. The maximum atomic E-state index is 12.9. The molecule has 0 bridgehead atoms. The molecule has 0 aliphatic carbocycles. The molecule has 0 spiro atoms. The Morgan fingerprint density at radius 1 is 0.839 bits per heavy atom. The van der Waals surface area contributed by atoms with Crippen LogP contribution in [0.15, 0.2) is 100 Å². The number of rotatable bonds is 4. The number of benzene rings is 3. The minimum absolute atomic E-state index is 0.0589. The number of nitrogens with one attached hydrogen (secondary N) is 1. The van der Waals surface area contributed by atoms with Crippen molar-refractivity contribution >= 4 is 33.3 Å². The van der Waals surface area contributed by atoms with Crippen LogP contribution < -0.4 is 10.9 Å². The molecule has 5 rings (SSSR count). The molecular formula is C25H16N2O3S. The molecule has 2 heterocycles. The summed E-state index contributed by atoms with van der Waals surface area (Å²) >= 11 is 1.36. The quantitative estimate of drug-likeness (QED) is 0.368. The Labute approximate surface area is 181 Å². The van der Waals surface area contributed by atoms with Crippen LogP contribution in [0, 0.1) is 0 Å². The molecule has 0 aliphatic rings. The fourth-order valence-electron chi connectivity index (χ4n) is 3.34. The third kappa shape index (κ3) is 3.76. The summed E-state index contributed by atoms with van der Waals surface area (Å²) in [6, 6.07) is 28.3. The Morgan fingerprint density at radius 3 is 2.23 bits per heavy atom. The van der Waals surface area contributed by atoms with Gasteiger partial charge in [0.1, 0.15) is 11.1 Å². The molecule has 3 aromatic carbocycles. The Hall–Kier alpha value is -4.03. The van der Waals surface area contributed by atoms with Crippen molar-refractivity contribution in [3.8, 4) is 21.7 Å². The van der Waals surface area contributed by atoms with Gasteiger partial charge in [-0.15, -0.1) is 0 Å². The normalized spacial score (nSPS) is 10.8. The minimum Gasteiger partial charge on any atom is -0.422 e. The van der Waals surface area contributed by atoms with Gasteiger partial charge < -0.3 is 4.42 Å². The first-order valence-corrected chi connectivity index (χ1v) is 10.5. The van der Waals surface area contributed by atoms with Gasteiger partial charge >= 0.3 is 5.63 Å². The summed E-state index contributed by atoms with van der Waals surface area (Å²) in [4.78, 5) is 30.8. The number of hydrogen-bond acceptors (Lipinski definition) is 5. The summed E-state index contributed by atoms with van der Waals surface area (Å²) in [7, 11) is 0. The predicted molar refractivity (Wildman–Crippen MR) is 123 cm³/mol. The van der Waals surface area contributed by atoms with Crippen molar-refractivity contribution in [2.45, 2.75) is 0 Å². The second kappa shape index (κ2) is 8.01. The number of aromatic nitrogens is 1. The van der Waals surface area contributed by atoms with Gasteiger partial charge in [-0.05, 0) is 17.7 Å². The van der Waals surface area contributed by atoms with Crippen molar-refractivity contribution in [1.29, 1.82) is 0 Å². The van der Waals surface area contributed by atoms with E-state index in [0.29, 0.717) is 16.1 Å². The number of hydrogen-bond donors (Lipinski definition) is 1. The van der Waals surface area contributed by atoms with Gasteiger partial charge in [0.05, 0.1) is 10.6 Å². The SMILES string of the molecule is O=C(Nc1nc(-c2ccccc2)c(-c2ccccc2)s1)c1cc2ccccc2oc1=O. The highest BCUT2D eigenvalue weighted by Gasteiger charge is 2.19. The zero-order chi connectivity index (χ0) is 21.2. The van der Waals surface area contributed by atoms with Gasteiger partial charge in [0, 0.05) is 10.9 Å². The maximum absolute atomic E-state index is 12.9. The van der Waals surface area contributed by atoms with Crippen LogP contribution in [-0.4, -0.2) is 10.9 Å². The van der Waals surface area contributed by atoms with Crippen LogP contribution in [0.4, 0.5) is 5.13 Å². The number of thiazole rings is 1. The fraction of sp³-hybridized carbons (Fsp3) is 0. The zero-order valence-corrected chi connectivity index (χ0v) is 17.1. The maximum Gasteiger partial charge on any atom is 0.349 e. The lowest BCUT2D eigenvalue weighted by Gasteiger charge is -2.02. The molecule has 6 heteroatoms. The van der Waals surface area contributed by atoms with E-state index in [1.54, 1.807) is 24.3 Å². The standard InChI is InChI=1S/C25H16N2O3S/c28-23(19-15-18-13-7-8-14-20(18)30-24(19)29)27-25-26-21(16-9-3-1-4-10-16)22(31-25)17-11-5-2-6-12-17/h1-15H,(H,26,27,28). The summed E-state index contributed by atoms with van der Waals surface area (Å²) in [5.74, 6) is -0.549. The first kappa shape index (κ1) is 19.0. The van der Waals surface area contributed by atoms with Crippen LogP contribution in [-0.2, 0) is 0 Å². The monoisotopic (exact) mass is 424 g/mol. The summed E-state index contributed by atoms with van der Waals surface area (Å²) < 4.78 is 5.29. The van der Waals surface area contributed by atoms with Crippen LogP contribution in [0.3, 0.4) is 0 Å². The fourth-order valence-corrected chi connectivity index (χ4v) is 4.32. The Morgan fingerprint density at radius 2 is 1.48 bits per heavy atom. The van der Waals surface area contributed by atoms with Crippen LogP contribution in [0.5, 0.6) is 0 Å². The third-order valence-electron chi connectivity index (χ3n) is 4.82. The molecule has 0 fully saturated rings. The Balaban J connectivity index is 1.54. The van der Waals surface area contributed by atoms with Crippen molar-refractivity contribution in [3.63, 3.8) is 0 Å². The number of anilines is 1. The van der Waals surface area contributed by atoms with E-state index in [4.69, 9.17) is 4.42 Å². The smallest absolute Gasteiger partial charge is 0.349 e. The topological polar surface area (TPSA) is 72.2 Å². The van der Waals surface area contributed by atoms with Crippen molar-refractivity contribution < 1.29 is 9.21 Å². The van der Waals surface area contributed by atoms with Gasteiger partial charge in [-0.25, -0.2) is 9.78 Å². The number of fused-ring (bicyclic) bond motifs is 1. The first-order valence-electron chi connectivity index (χ1n) is 9.65. The van der Waals surface area contributed by atoms with E-state index in [0.717, 1.165) is 21.7 Å². The number of carbonyl (C=O) groups excluding carboxylic acids is 1. The van der Waals surface area contributed by atoms with Crippen LogP contribution in [0.2, 0.25) is 0 Å². The molecule has 0 saturated heterocycles. The highest BCUT2D eigenvalue weighted by Crippen LogP contribution is 2.39. The van der Waals surface area contributed by atoms with Gasteiger partial charge in [0.25, 0.3) is 5.91 Å². The minimum atomic E-state index is -0.681. The molecule has 2 aromatic heterocycles. The van der Waals surface area contributed by atoms with Crippen LogP contribution >= 0.6 is 11.3 Å². The van der Waals surface area contributed by atoms with E-state index >= 15 is 0 Å². The molecule has 5 nitrogen and oxygen atoms in total. The molecule has 1 N–H and O–H groups in total. The number of nitrogens with zero attached hydrogens (tertiary/aromatic N) is 1. The molecule has 31 heavy (non-hydrogen) atoms. The van der Waals surface area contributed by atoms with Gasteiger partial charge in [-0.1, -0.05) is 90.2 Å². The summed E-state index contributed by atoms with van der Waals surface area (Å²) in [6.45, 7) is 0. The van der Waals surface area contributed by atoms with Crippen molar-refractivity contribution in [3.05, 3.63) is 107 Å². The van der Waals surface area contributed by atoms with Gasteiger partial charge in [0.2, 0.25) is 0 Å². The predicted octanol–water partition coefficient (Wildman–Crippen LogP) is 5.84. The molecular weight excluding hydrogens is 408 g/mol. The second-order valence-corrected chi connectivity index (χ2v) is 7.87. The van der Waals surface area contributed by atoms with Crippen molar-refractivity contribution in [1.82, 2.24) is 4.98 Å². The van der Waals surface area contributed by atoms with Crippen LogP contribution in [0.1, 0.15) is 10.4 Å². The van der Waals surface area contributed by atoms with Gasteiger partial charge in [-0.3, -0.25) is 10.1 Å². The first-order chi connectivity index (χ1) is 15.2. The van der Waals surface area contributed by atoms with E-state index in [9.17, 15) is 9.59 Å². The lowest BCUT2D eigenvalue weighted by Crippen LogP contribution is -2.20. The molecule has 0 aliphatic heterocycles. The molecule has 5 aromatic rings. The van der Waals surface area contributed by atoms with Gasteiger partial charge in [0.15, 0.2) is 5.13 Å². The average Bonchev–Trinajstić information content (AvgIpc) is 3.23. The van der Waals surface area contributed by atoms with Crippen LogP contribution in [0.25, 0.3) is 32.7 Å². The molecule has 0 atom stereocenters. The van der Waals surface area contributed by atoms with E-state index in [2.05, 4.69) is 10.3 Å². The molecule has 0 unspecified atom stereocenters. The lowest BCUT2D eigenvalue weighted by molar-refractivity contribution is 0.102. The van der Waals surface area contributed by atoms with E-state index < -0.39 is 11.5 Å². The number of carbonyl (C=O) groups is 1. The Kier molecular flexibility index (Phi) is 4.90. The Bertz CT molecular complexity index is 1380. The lowest BCUT2D eigenvalue weighted by atomic mass is 10.1. The van der Waals surface area contributed by atoms with Crippen molar-refractivity contribution in [2.75, 3.05) is 5.32 Å². The highest BCUT2D eigenvalue weighted by molar-refractivity contribution is 7.19. The summed E-state index contributed by atoms with van der Waals surface area (Å²) in [5.41, 5.74) is 2.43. The molecule has 150 valence electrons. The average molecular weight is 424 g/mol. The van der Waals surface area contributed by atoms with Crippen molar-refractivity contribution in [2.24, 2.45) is 0 Å². The summed E-state index contributed by atoms with van der Waals surface area (Å²) in [5, 5.41) is 3.87. The summed E-state index contributed by atoms with van der Waals surface area (Å²) in [6.07, 6.45) is 0. The van der Waals surface area contributed by atoms with Gasteiger partial charge in [-0.2, -0.15) is 0 Å². The highest BCUT2D eigenvalue weighted by atomic mass is 32.1. The number of para-hydroxylation sites is 1. The van der Waals surface area contributed by atoms with E-state index in [-0.39, 0.29) is 5.56 Å². The van der Waals surface area contributed by atoms with E-state index in [1.165, 1.54) is 11.3 Å². The molecule has 0 saturated carbocycles. The zero-order valence-electron chi connectivity index (χ0n) is 16.2. The third-order valence-corrected chi connectivity index (χ3v) is 5.84.